The van der Waals surface area contributed by atoms with Crippen molar-refractivity contribution in [2.24, 2.45) is 0 Å². The van der Waals surface area contributed by atoms with Gasteiger partial charge in [-0.25, -0.2) is 0 Å². The van der Waals surface area contributed by atoms with E-state index in [2.05, 4.69) is 5.32 Å². The summed E-state index contributed by atoms with van der Waals surface area (Å²) in [5.41, 5.74) is 0.637. The smallest absolute Gasteiger partial charge is 0.258 e. The summed E-state index contributed by atoms with van der Waals surface area (Å²) in [6.07, 6.45) is -0.347. The van der Waals surface area contributed by atoms with Gasteiger partial charge < -0.3 is 24.7 Å². The second-order valence-corrected chi connectivity index (χ2v) is 5.88. The van der Waals surface area contributed by atoms with Crippen molar-refractivity contribution in [3.8, 4) is 11.5 Å². The summed E-state index contributed by atoms with van der Waals surface area (Å²) in [5, 5.41) is 14.2. The first-order valence-electron chi connectivity index (χ1n) is 8.08. The van der Waals surface area contributed by atoms with E-state index in [1.54, 1.807) is 48.5 Å². The van der Waals surface area contributed by atoms with Gasteiger partial charge in [-0.1, -0.05) is 23.7 Å². The van der Waals surface area contributed by atoms with Gasteiger partial charge in [-0.3, -0.25) is 4.79 Å². The molecule has 0 aliphatic carbocycles. The topological polar surface area (TPSA) is 87.7 Å². The zero-order valence-electron chi connectivity index (χ0n) is 14.2. The lowest BCUT2D eigenvalue weighted by molar-refractivity contribution is -0.306. The maximum Gasteiger partial charge on any atom is 0.258 e. The number of hydrogen-bond acceptors (Lipinski definition) is 5. The molecule has 0 fully saturated rings. The highest BCUT2D eigenvalue weighted by molar-refractivity contribution is 6.30. The Labute approximate surface area is 156 Å². The monoisotopic (exact) mass is 376 g/mol. The predicted octanol–water partition coefficient (Wildman–Crippen LogP) is 2.11. The molecule has 0 saturated carbocycles. The highest BCUT2D eigenvalue weighted by Gasteiger charge is 2.16. The van der Waals surface area contributed by atoms with Crippen LogP contribution in [0, 0.1) is 0 Å². The number of amides is 1. The third-order valence-corrected chi connectivity index (χ3v) is 3.74. The molecule has 0 bridgehead atoms. The summed E-state index contributed by atoms with van der Waals surface area (Å²) >= 11 is 5.79. The number of carbonyl (C=O) groups excluding carboxylic acids is 2. The molecule has 1 N–H and O–H groups in total. The molecule has 0 radical (unpaired) electrons. The Hall–Kier alpha value is -2.73. The van der Waals surface area contributed by atoms with Gasteiger partial charge in [0, 0.05) is 17.4 Å². The minimum absolute atomic E-state index is 0.248. The summed E-state index contributed by atoms with van der Waals surface area (Å²) in [7, 11) is 0. The molecule has 7 heteroatoms. The van der Waals surface area contributed by atoms with Crippen LogP contribution < -0.4 is 19.9 Å². The number of aliphatic carboxylic acids is 1. The third-order valence-electron chi connectivity index (χ3n) is 3.48. The highest BCUT2D eigenvalue weighted by atomic mass is 35.5. The highest BCUT2D eigenvalue weighted by Crippen LogP contribution is 2.21. The average Bonchev–Trinajstić information content (AvgIpc) is 2.61. The molecule has 1 atom stereocenters. The number of rotatable bonds is 9. The first-order valence-corrected chi connectivity index (χ1v) is 8.46. The largest absolute Gasteiger partial charge is 0.550 e. The number of carboxylic acids is 1. The van der Waals surface area contributed by atoms with Crippen molar-refractivity contribution in [2.75, 3.05) is 13.2 Å². The first-order chi connectivity index (χ1) is 12.5. The first kappa shape index (κ1) is 19.6. The molecule has 2 aromatic carbocycles. The maximum absolute atomic E-state index is 12.1. The van der Waals surface area contributed by atoms with Crippen LogP contribution in [0.15, 0.2) is 48.5 Å². The number of carbonyl (C=O) groups is 2. The van der Waals surface area contributed by atoms with Crippen LogP contribution in [-0.4, -0.2) is 25.1 Å². The van der Waals surface area contributed by atoms with Gasteiger partial charge in [-0.15, -0.1) is 0 Å². The van der Waals surface area contributed by atoms with Gasteiger partial charge in [0.05, 0.1) is 12.6 Å². The van der Waals surface area contributed by atoms with Crippen LogP contribution in [0.25, 0.3) is 0 Å². The molecule has 0 aromatic heterocycles. The number of benzene rings is 2. The molecule has 0 aliphatic heterocycles. The Morgan fingerprint density at radius 1 is 1.04 bits per heavy atom. The Balaban J connectivity index is 1.98. The lowest BCUT2D eigenvalue weighted by Crippen LogP contribution is -2.36. The molecular formula is C19H19ClNO5-. The van der Waals surface area contributed by atoms with Crippen LogP contribution in [0.3, 0.4) is 0 Å². The lowest BCUT2D eigenvalue weighted by Gasteiger charge is -2.20. The quantitative estimate of drug-likeness (QED) is 0.724. The molecule has 6 nitrogen and oxygen atoms in total. The van der Waals surface area contributed by atoms with Crippen molar-refractivity contribution < 1.29 is 24.2 Å². The van der Waals surface area contributed by atoms with Crippen molar-refractivity contribution in [3.63, 3.8) is 0 Å². The minimum atomic E-state index is -1.26. The van der Waals surface area contributed by atoms with Crippen molar-refractivity contribution in [1.29, 1.82) is 0 Å². The number of carboxylic acid groups (broad SMARTS) is 1. The third kappa shape index (κ3) is 6.29. The molecule has 138 valence electrons. The van der Waals surface area contributed by atoms with Crippen LogP contribution in [0.2, 0.25) is 5.02 Å². The molecule has 0 aliphatic rings. The van der Waals surface area contributed by atoms with E-state index in [4.69, 9.17) is 21.1 Å². The Kier molecular flexibility index (Phi) is 7.29. The zero-order chi connectivity index (χ0) is 18.9. The maximum atomic E-state index is 12.1. The Bertz CT molecular complexity index is 731. The van der Waals surface area contributed by atoms with E-state index < -0.39 is 17.9 Å². The van der Waals surface area contributed by atoms with Gasteiger partial charge in [-0.2, -0.15) is 0 Å². The molecule has 0 spiro atoms. The van der Waals surface area contributed by atoms with Crippen molar-refractivity contribution in [2.45, 2.75) is 19.4 Å². The predicted molar refractivity (Wildman–Crippen MR) is 95.1 cm³/mol. The molecule has 1 unspecified atom stereocenters. The van der Waals surface area contributed by atoms with Gasteiger partial charge in [0.1, 0.15) is 11.5 Å². The van der Waals surface area contributed by atoms with Crippen molar-refractivity contribution in [1.82, 2.24) is 5.32 Å². The average molecular weight is 377 g/mol. The van der Waals surface area contributed by atoms with Gasteiger partial charge in [-0.05, 0) is 48.9 Å². The second-order valence-electron chi connectivity index (χ2n) is 5.44. The summed E-state index contributed by atoms with van der Waals surface area (Å²) in [6.45, 7) is 2.15. The fourth-order valence-corrected chi connectivity index (χ4v) is 2.42. The van der Waals surface area contributed by atoms with E-state index in [9.17, 15) is 14.7 Å². The minimum Gasteiger partial charge on any atom is -0.550 e. The summed E-state index contributed by atoms with van der Waals surface area (Å²) in [5.74, 6) is -0.550. The van der Waals surface area contributed by atoms with E-state index >= 15 is 0 Å². The van der Waals surface area contributed by atoms with E-state index in [0.717, 1.165) is 0 Å². The number of ether oxygens (including phenoxy) is 2. The molecular weight excluding hydrogens is 358 g/mol. The molecule has 26 heavy (non-hydrogen) atoms. The van der Waals surface area contributed by atoms with Crippen LogP contribution >= 0.6 is 11.6 Å². The number of hydrogen-bond donors (Lipinski definition) is 1. The van der Waals surface area contributed by atoms with Crippen LogP contribution in [0.1, 0.15) is 24.9 Å². The molecule has 1 amide bonds. The van der Waals surface area contributed by atoms with Crippen LogP contribution in [0.5, 0.6) is 11.5 Å². The summed E-state index contributed by atoms with van der Waals surface area (Å²) in [4.78, 5) is 23.1. The Morgan fingerprint density at radius 3 is 2.19 bits per heavy atom. The van der Waals surface area contributed by atoms with Crippen LogP contribution in [-0.2, 0) is 9.59 Å². The van der Waals surface area contributed by atoms with Crippen molar-refractivity contribution >= 4 is 23.5 Å². The zero-order valence-corrected chi connectivity index (χ0v) is 15.0. The lowest BCUT2D eigenvalue weighted by atomic mass is 10.0. The summed E-state index contributed by atoms with van der Waals surface area (Å²) in [6, 6.07) is 12.7. The van der Waals surface area contributed by atoms with Crippen molar-refractivity contribution in [3.05, 3.63) is 59.1 Å². The van der Waals surface area contributed by atoms with E-state index in [1.807, 2.05) is 6.92 Å². The second kappa shape index (κ2) is 9.68. The summed E-state index contributed by atoms with van der Waals surface area (Å²) < 4.78 is 10.7. The SMILES string of the molecule is CCOc1ccc(C(CC(=O)[O-])NC(=O)COc2ccc(Cl)cc2)cc1. The fraction of sp³-hybridized carbons (Fsp3) is 0.263. The van der Waals surface area contributed by atoms with E-state index in [0.29, 0.717) is 28.7 Å². The number of nitrogens with one attached hydrogen (secondary N) is 1. The standard InChI is InChI=1S/C19H20ClNO5/c1-2-25-15-7-3-13(4-8-15)17(11-19(23)24)21-18(22)12-26-16-9-5-14(20)6-10-16/h3-10,17H,2,11-12H2,1H3,(H,21,22)(H,23,24)/p-1. The van der Waals surface area contributed by atoms with E-state index in [-0.39, 0.29) is 13.0 Å². The van der Waals surface area contributed by atoms with Crippen LogP contribution in [0.4, 0.5) is 0 Å². The van der Waals surface area contributed by atoms with E-state index in [1.165, 1.54) is 0 Å². The normalized spacial score (nSPS) is 11.5. The molecule has 0 heterocycles. The molecule has 2 rings (SSSR count). The number of halogens is 1. The Morgan fingerprint density at radius 2 is 1.62 bits per heavy atom. The fourth-order valence-electron chi connectivity index (χ4n) is 2.30. The van der Waals surface area contributed by atoms with Gasteiger partial charge >= 0.3 is 0 Å². The van der Waals surface area contributed by atoms with Gasteiger partial charge in [0.25, 0.3) is 5.91 Å². The molecule has 2 aromatic rings. The molecule has 0 saturated heterocycles. The van der Waals surface area contributed by atoms with Gasteiger partial charge in [0.2, 0.25) is 0 Å². The van der Waals surface area contributed by atoms with Gasteiger partial charge in [0.15, 0.2) is 6.61 Å².